The van der Waals surface area contributed by atoms with Crippen LogP contribution >= 0.6 is 0 Å². The van der Waals surface area contributed by atoms with E-state index in [4.69, 9.17) is 14.2 Å². The SMILES string of the molecule is COC(=O)Oc1cccc2c1OCOC2. The maximum absolute atomic E-state index is 10.9. The fourth-order valence-electron chi connectivity index (χ4n) is 1.30. The van der Waals surface area contributed by atoms with E-state index in [2.05, 4.69) is 4.74 Å². The van der Waals surface area contributed by atoms with Gasteiger partial charge in [0.05, 0.1) is 13.7 Å². The number of fused-ring (bicyclic) bond motifs is 1. The molecular formula is C10H10O5. The summed E-state index contributed by atoms with van der Waals surface area (Å²) in [5, 5.41) is 0. The van der Waals surface area contributed by atoms with E-state index in [1.54, 1.807) is 12.1 Å². The van der Waals surface area contributed by atoms with Crippen LogP contribution in [0.3, 0.4) is 0 Å². The molecule has 0 aliphatic carbocycles. The van der Waals surface area contributed by atoms with Crippen LogP contribution in [-0.4, -0.2) is 20.1 Å². The molecule has 80 valence electrons. The minimum Gasteiger partial charge on any atom is -0.463 e. The van der Waals surface area contributed by atoms with Crippen molar-refractivity contribution in [2.24, 2.45) is 0 Å². The molecule has 1 aromatic carbocycles. The highest BCUT2D eigenvalue weighted by atomic mass is 16.7. The van der Waals surface area contributed by atoms with Gasteiger partial charge in [0, 0.05) is 5.56 Å². The van der Waals surface area contributed by atoms with Crippen molar-refractivity contribution in [1.82, 2.24) is 0 Å². The smallest absolute Gasteiger partial charge is 0.463 e. The number of benzene rings is 1. The number of hydrogen-bond donors (Lipinski definition) is 0. The molecule has 1 aliphatic heterocycles. The van der Waals surface area contributed by atoms with Gasteiger partial charge in [0.2, 0.25) is 0 Å². The average Bonchev–Trinajstić information content (AvgIpc) is 2.29. The van der Waals surface area contributed by atoms with Gasteiger partial charge in [-0.05, 0) is 6.07 Å². The number of carbonyl (C=O) groups is 1. The zero-order valence-electron chi connectivity index (χ0n) is 8.19. The van der Waals surface area contributed by atoms with Gasteiger partial charge in [0.1, 0.15) is 0 Å². The van der Waals surface area contributed by atoms with Gasteiger partial charge in [0.25, 0.3) is 0 Å². The molecule has 0 radical (unpaired) electrons. The summed E-state index contributed by atoms with van der Waals surface area (Å²) < 4.78 is 19.7. The van der Waals surface area contributed by atoms with Gasteiger partial charge in [-0.3, -0.25) is 0 Å². The third kappa shape index (κ3) is 2.02. The summed E-state index contributed by atoms with van der Waals surface area (Å²) in [5.74, 6) is 0.886. The van der Waals surface area contributed by atoms with Crippen molar-refractivity contribution in [2.75, 3.05) is 13.9 Å². The van der Waals surface area contributed by atoms with E-state index in [0.717, 1.165) is 5.56 Å². The van der Waals surface area contributed by atoms with E-state index in [0.29, 0.717) is 18.1 Å². The van der Waals surface area contributed by atoms with Crippen LogP contribution in [0.25, 0.3) is 0 Å². The Bertz CT molecular complexity index is 374. The van der Waals surface area contributed by atoms with Crippen LogP contribution in [0.15, 0.2) is 18.2 Å². The molecule has 0 saturated heterocycles. The topological polar surface area (TPSA) is 54.0 Å². The number of methoxy groups -OCH3 is 1. The lowest BCUT2D eigenvalue weighted by atomic mass is 10.2. The van der Waals surface area contributed by atoms with Crippen molar-refractivity contribution < 1.29 is 23.7 Å². The lowest BCUT2D eigenvalue weighted by Crippen LogP contribution is -2.14. The number of ether oxygens (including phenoxy) is 4. The minimum absolute atomic E-state index is 0.161. The Kier molecular flexibility index (Phi) is 2.73. The molecule has 0 bridgehead atoms. The van der Waals surface area contributed by atoms with E-state index in [9.17, 15) is 4.79 Å². The minimum atomic E-state index is -0.765. The summed E-state index contributed by atoms with van der Waals surface area (Å²) in [6.07, 6.45) is -0.765. The fourth-order valence-corrected chi connectivity index (χ4v) is 1.30. The Morgan fingerprint density at radius 2 is 2.33 bits per heavy atom. The molecule has 0 saturated carbocycles. The molecular weight excluding hydrogens is 200 g/mol. The molecule has 15 heavy (non-hydrogen) atoms. The molecule has 5 heteroatoms. The maximum atomic E-state index is 10.9. The second-order valence-electron chi connectivity index (χ2n) is 2.91. The summed E-state index contributed by atoms with van der Waals surface area (Å²) in [5.41, 5.74) is 0.850. The van der Waals surface area contributed by atoms with Crippen LogP contribution in [-0.2, 0) is 16.1 Å². The first-order valence-corrected chi connectivity index (χ1v) is 4.39. The fraction of sp³-hybridized carbons (Fsp3) is 0.300. The molecule has 0 fully saturated rings. The van der Waals surface area contributed by atoms with E-state index in [1.807, 2.05) is 6.07 Å². The average molecular weight is 210 g/mol. The highest BCUT2D eigenvalue weighted by Gasteiger charge is 2.17. The first-order valence-electron chi connectivity index (χ1n) is 4.39. The lowest BCUT2D eigenvalue weighted by molar-refractivity contribution is -0.0182. The van der Waals surface area contributed by atoms with Crippen molar-refractivity contribution in [2.45, 2.75) is 6.61 Å². The monoisotopic (exact) mass is 210 g/mol. The van der Waals surface area contributed by atoms with Crippen LogP contribution < -0.4 is 9.47 Å². The molecule has 1 heterocycles. The van der Waals surface area contributed by atoms with Crippen molar-refractivity contribution >= 4 is 6.16 Å². The second-order valence-corrected chi connectivity index (χ2v) is 2.91. The summed E-state index contributed by atoms with van der Waals surface area (Å²) in [7, 11) is 1.25. The van der Waals surface area contributed by atoms with Gasteiger partial charge in [-0.15, -0.1) is 0 Å². The molecule has 5 nitrogen and oxygen atoms in total. The van der Waals surface area contributed by atoms with Crippen LogP contribution in [0.4, 0.5) is 4.79 Å². The van der Waals surface area contributed by atoms with Crippen molar-refractivity contribution in [3.63, 3.8) is 0 Å². The summed E-state index contributed by atoms with van der Waals surface area (Å²) in [4.78, 5) is 10.9. The zero-order valence-corrected chi connectivity index (χ0v) is 8.19. The van der Waals surface area contributed by atoms with Gasteiger partial charge < -0.3 is 18.9 Å². The first-order chi connectivity index (χ1) is 7.31. The van der Waals surface area contributed by atoms with Crippen LogP contribution in [0.2, 0.25) is 0 Å². The Balaban J connectivity index is 2.27. The molecule has 1 aliphatic rings. The standard InChI is InChI=1S/C10H10O5/c1-12-10(11)15-8-4-2-3-7-5-13-6-14-9(7)8/h2-4H,5-6H2,1H3. The molecule has 0 unspecified atom stereocenters. The Labute approximate surface area is 86.5 Å². The molecule has 0 aromatic heterocycles. The van der Waals surface area contributed by atoms with Crippen LogP contribution in [0, 0.1) is 0 Å². The zero-order chi connectivity index (χ0) is 10.7. The van der Waals surface area contributed by atoms with E-state index >= 15 is 0 Å². The highest BCUT2D eigenvalue weighted by Crippen LogP contribution is 2.34. The van der Waals surface area contributed by atoms with Crippen LogP contribution in [0.1, 0.15) is 5.56 Å². The molecule has 0 amide bonds. The number of para-hydroxylation sites is 1. The molecule has 2 rings (SSSR count). The lowest BCUT2D eigenvalue weighted by Gasteiger charge is -2.19. The Morgan fingerprint density at radius 1 is 1.47 bits per heavy atom. The normalized spacial score (nSPS) is 13.7. The van der Waals surface area contributed by atoms with E-state index < -0.39 is 6.16 Å². The van der Waals surface area contributed by atoms with Gasteiger partial charge in [0.15, 0.2) is 18.3 Å². The van der Waals surface area contributed by atoms with Gasteiger partial charge in [-0.25, -0.2) is 4.79 Å². The number of carbonyl (C=O) groups excluding carboxylic acids is 1. The molecule has 1 aromatic rings. The van der Waals surface area contributed by atoms with Crippen molar-refractivity contribution in [3.05, 3.63) is 23.8 Å². The predicted molar refractivity (Wildman–Crippen MR) is 49.8 cm³/mol. The largest absolute Gasteiger partial charge is 0.513 e. The number of hydrogen-bond acceptors (Lipinski definition) is 5. The van der Waals surface area contributed by atoms with Crippen molar-refractivity contribution in [3.8, 4) is 11.5 Å². The molecule has 0 spiro atoms. The first kappa shape index (κ1) is 9.79. The summed E-state index contributed by atoms with van der Waals surface area (Å²) in [6.45, 7) is 0.613. The third-order valence-corrected chi connectivity index (χ3v) is 1.96. The highest BCUT2D eigenvalue weighted by molar-refractivity contribution is 5.65. The van der Waals surface area contributed by atoms with Crippen LogP contribution in [0.5, 0.6) is 11.5 Å². The Morgan fingerprint density at radius 3 is 3.13 bits per heavy atom. The maximum Gasteiger partial charge on any atom is 0.513 e. The second kappa shape index (κ2) is 4.18. The Hall–Kier alpha value is -1.75. The van der Waals surface area contributed by atoms with Crippen molar-refractivity contribution in [1.29, 1.82) is 0 Å². The number of rotatable bonds is 1. The summed E-state index contributed by atoms with van der Waals surface area (Å²) >= 11 is 0. The molecule has 0 atom stereocenters. The summed E-state index contributed by atoms with van der Waals surface area (Å²) in [6, 6.07) is 5.24. The quantitative estimate of drug-likeness (QED) is 0.521. The predicted octanol–water partition coefficient (Wildman–Crippen LogP) is 1.70. The molecule has 0 N–H and O–H groups in total. The third-order valence-electron chi connectivity index (χ3n) is 1.96. The van der Waals surface area contributed by atoms with E-state index in [-0.39, 0.29) is 6.79 Å². The van der Waals surface area contributed by atoms with Gasteiger partial charge >= 0.3 is 6.16 Å². The van der Waals surface area contributed by atoms with Gasteiger partial charge in [-0.1, -0.05) is 12.1 Å². The van der Waals surface area contributed by atoms with E-state index in [1.165, 1.54) is 7.11 Å². The van der Waals surface area contributed by atoms with Gasteiger partial charge in [-0.2, -0.15) is 0 Å².